The summed E-state index contributed by atoms with van der Waals surface area (Å²) in [6.07, 6.45) is 1.38. The summed E-state index contributed by atoms with van der Waals surface area (Å²) < 4.78 is 9.90. The highest BCUT2D eigenvalue weighted by atomic mass is 16.5. The molecule has 0 aromatic heterocycles. The minimum Gasteiger partial charge on any atom is -0.468 e. The van der Waals surface area contributed by atoms with Crippen LogP contribution >= 0.6 is 0 Å². The maximum atomic E-state index is 11.4. The Kier molecular flexibility index (Phi) is 3.05. The molecule has 0 aliphatic carbocycles. The summed E-state index contributed by atoms with van der Waals surface area (Å²) in [6, 6.07) is 0. The summed E-state index contributed by atoms with van der Waals surface area (Å²) in [5.41, 5.74) is -0.507. The first-order chi connectivity index (χ1) is 5.75. The molecule has 0 aromatic rings. The van der Waals surface area contributed by atoms with E-state index in [1.165, 1.54) is 7.11 Å². The average Bonchev–Trinajstić information content (AvgIpc) is 2.17. The van der Waals surface area contributed by atoms with Crippen molar-refractivity contribution in [2.45, 2.75) is 18.4 Å². The maximum Gasteiger partial charge on any atom is 0.326 e. The van der Waals surface area contributed by atoms with E-state index >= 15 is 0 Å². The molecule has 0 spiro atoms. The van der Waals surface area contributed by atoms with Crippen molar-refractivity contribution in [1.82, 2.24) is 5.32 Å². The number of methoxy groups -OCH3 is 1. The van der Waals surface area contributed by atoms with Crippen LogP contribution in [-0.2, 0) is 14.3 Å². The van der Waals surface area contributed by atoms with Gasteiger partial charge in [-0.05, 0) is 19.9 Å². The van der Waals surface area contributed by atoms with Gasteiger partial charge in [0.15, 0.2) is 0 Å². The molecule has 12 heavy (non-hydrogen) atoms. The van der Waals surface area contributed by atoms with E-state index in [1.54, 1.807) is 7.05 Å². The lowest BCUT2D eigenvalue weighted by Crippen LogP contribution is -2.54. The molecule has 70 valence electrons. The normalized spacial score (nSPS) is 21.8. The Morgan fingerprint density at radius 3 is 2.50 bits per heavy atom. The molecule has 1 fully saturated rings. The largest absolute Gasteiger partial charge is 0.468 e. The fraction of sp³-hybridized carbons (Fsp3) is 0.875. The Morgan fingerprint density at radius 1 is 1.50 bits per heavy atom. The SMILES string of the molecule is CNC1(C(=O)OC)CCOCC1. The molecule has 1 heterocycles. The predicted octanol–water partition coefficient (Wildman–Crippen LogP) is -0.0720. The van der Waals surface area contributed by atoms with Gasteiger partial charge in [0.1, 0.15) is 5.54 Å². The lowest BCUT2D eigenvalue weighted by molar-refractivity contribution is -0.152. The Bertz CT molecular complexity index is 164. The third-order valence-electron chi connectivity index (χ3n) is 2.40. The number of carbonyl (C=O) groups excluding carboxylic acids is 1. The van der Waals surface area contributed by atoms with Crippen LogP contribution in [0.25, 0.3) is 0 Å². The van der Waals surface area contributed by atoms with Gasteiger partial charge in [-0.1, -0.05) is 0 Å². The third kappa shape index (κ3) is 1.59. The van der Waals surface area contributed by atoms with Gasteiger partial charge in [0.25, 0.3) is 0 Å². The van der Waals surface area contributed by atoms with E-state index in [9.17, 15) is 4.79 Å². The van der Waals surface area contributed by atoms with Crippen LogP contribution < -0.4 is 5.32 Å². The first-order valence-corrected chi connectivity index (χ1v) is 4.10. The van der Waals surface area contributed by atoms with E-state index in [0.29, 0.717) is 26.1 Å². The number of hydrogen-bond acceptors (Lipinski definition) is 4. The molecule has 1 aliphatic rings. The van der Waals surface area contributed by atoms with Crippen LogP contribution in [0.4, 0.5) is 0 Å². The smallest absolute Gasteiger partial charge is 0.326 e. The molecule has 4 nitrogen and oxygen atoms in total. The van der Waals surface area contributed by atoms with Crippen LogP contribution in [0.1, 0.15) is 12.8 Å². The Labute approximate surface area is 72.2 Å². The van der Waals surface area contributed by atoms with Crippen LogP contribution in [0.5, 0.6) is 0 Å². The molecule has 0 bridgehead atoms. The summed E-state index contributed by atoms with van der Waals surface area (Å²) in [5, 5.41) is 3.01. The summed E-state index contributed by atoms with van der Waals surface area (Å²) in [6.45, 7) is 1.24. The number of hydrogen-bond donors (Lipinski definition) is 1. The summed E-state index contributed by atoms with van der Waals surface area (Å²) in [5.74, 6) is -0.187. The fourth-order valence-corrected chi connectivity index (χ4v) is 1.47. The quantitative estimate of drug-likeness (QED) is 0.594. The van der Waals surface area contributed by atoms with Crippen molar-refractivity contribution in [3.63, 3.8) is 0 Å². The van der Waals surface area contributed by atoms with Crippen LogP contribution in [0.2, 0.25) is 0 Å². The van der Waals surface area contributed by atoms with E-state index in [4.69, 9.17) is 9.47 Å². The van der Waals surface area contributed by atoms with Gasteiger partial charge in [-0.3, -0.25) is 4.79 Å². The van der Waals surface area contributed by atoms with Crippen LogP contribution in [0.15, 0.2) is 0 Å². The summed E-state index contributed by atoms with van der Waals surface area (Å²) in [4.78, 5) is 11.4. The minimum absolute atomic E-state index is 0.187. The summed E-state index contributed by atoms with van der Waals surface area (Å²) >= 11 is 0. The van der Waals surface area contributed by atoms with Gasteiger partial charge in [-0.25, -0.2) is 0 Å². The Morgan fingerprint density at radius 2 is 2.08 bits per heavy atom. The second-order valence-corrected chi connectivity index (χ2v) is 2.94. The van der Waals surface area contributed by atoms with Crippen molar-refractivity contribution < 1.29 is 14.3 Å². The highest BCUT2D eigenvalue weighted by molar-refractivity contribution is 5.80. The van der Waals surface area contributed by atoms with Gasteiger partial charge in [-0.2, -0.15) is 0 Å². The number of rotatable bonds is 2. The highest BCUT2D eigenvalue weighted by Gasteiger charge is 2.39. The molecule has 4 heteroatoms. The number of nitrogens with one attached hydrogen (secondary N) is 1. The van der Waals surface area contributed by atoms with Crippen molar-refractivity contribution in [3.8, 4) is 0 Å². The molecule has 0 unspecified atom stereocenters. The first kappa shape index (κ1) is 9.48. The lowest BCUT2D eigenvalue weighted by Gasteiger charge is -2.33. The van der Waals surface area contributed by atoms with Crippen molar-refractivity contribution in [1.29, 1.82) is 0 Å². The highest BCUT2D eigenvalue weighted by Crippen LogP contribution is 2.21. The van der Waals surface area contributed by atoms with E-state index in [0.717, 1.165) is 0 Å². The van der Waals surface area contributed by atoms with Crippen LogP contribution in [-0.4, -0.2) is 38.9 Å². The molecule has 0 saturated carbocycles. The predicted molar refractivity (Wildman–Crippen MR) is 43.9 cm³/mol. The molecule has 0 amide bonds. The van der Waals surface area contributed by atoms with E-state index in [2.05, 4.69) is 5.32 Å². The maximum absolute atomic E-state index is 11.4. The number of carbonyl (C=O) groups is 1. The zero-order valence-electron chi connectivity index (χ0n) is 7.55. The molecular formula is C8H15NO3. The molecule has 1 saturated heterocycles. The number of esters is 1. The van der Waals surface area contributed by atoms with E-state index in [-0.39, 0.29) is 5.97 Å². The first-order valence-electron chi connectivity index (χ1n) is 4.10. The minimum atomic E-state index is -0.507. The summed E-state index contributed by atoms with van der Waals surface area (Å²) in [7, 11) is 3.19. The zero-order chi connectivity index (χ0) is 9.03. The second-order valence-electron chi connectivity index (χ2n) is 2.94. The van der Waals surface area contributed by atoms with Gasteiger partial charge in [0.2, 0.25) is 0 Å². The Hall–Kier alpha value is -0.610. The topological polar surface area (TPSA) is 47.6 Å². The van der Waals surface area contributed by atoms with Crippen LogP contribution in [0.3, 0.4) is 0 Å². The monoisotopic (exact) mass is 173 g/mol. The zero-order valence-corrected chi connectivity index (χ0v) is 7.55. The third-order valence-corrected chi connectivity index (χ3v) is 2.40. The fourth-order valence-electron chi connectivity index (χ4n) is 1.47. The standard InChI is InChI=1S/C8H15NO3/c1-9-8(7(10)11-2)3-5-12-6-4-8/h9H,3-6H2,1-2H3. The van der Waals surface area contributed by atoms with E-state index < -0.39 is 5.54 Å². The van der Waals surface area contributed by atoms with Crippen molar-refractivity contribution in [2.24, 2.45) is 0 Å². The molecule has 0 radical (unpaired) electrons. The van der Waals surface area contributed by atoms with Gasteiger partial charge >= 0.3 is 5.97 Å². The second kappa shape index (κ2) is 3.87. The van der Waals surface area contributed by atoms with Gasteiger partial charge in [0, 0.05) is 13.2 Å². The Balaban J connectivity index is 2.66. The van der Waals surface area contributed by atoms with Gasteiger partial charge < -0.3 is 14.8 Å². The number of ether oxygens (including phenoxy) is 2. The molecule has 1 rings (SSSR count). The van der Waals surface area contributed by atoms with Crippen molar-refractivity contribution in [2.75, 3.05) is 27.4 Å². The molecule has 0 aromatic carbocycles. The molecular weight excluding hydrogens is 158 g/mol. The van der Waals surface area contributed by atoms with Gasteiger partial charge in [0.05, 0.1) is 7.11 Å². The average molecular weight is 173 g/mol. The van der Waals surface area contributed by atoms with Crippen LogP contribution in [0, 0.1) is 0 Å². The van der Waals surface area contributed by atoms with E-state index in [1.807, 2.05) is 0 Å². The van der Waals surface area contributed by atoms with Gasteiger partial charge in [-0.15, -0.1) is 0 Å². The molecule has 0 atom stereocenters. The van der Waals surface area contributed by atoms with Crippen molar-refractivity contribution in [3.05, 3.63) is 0 Å². The number of likely N-dealkylation sites (N-methyl/N-ethyl adjacent to an activating group) is 1. The van der Waals surface area contributed by atoms with Crippen molar-refractivity contribution >= 4 is 5.97 Å². The molecule has 1 aliphatic heterocycles. The lowest BCUT2D eigenvalue weighted by atomic mass is 9.90. The molecule has 1 N–H and O–H groups in total.